The molecule has 5 nitrogen and oxygen atoms in total. The zero-order valence-corrected chi connectivity index (χ0v) is 30.9. The van der Waals surface area contributed by atoms with Gasteiger partial charge in [0.2, 0.25) is 0 Å². The van der Waals surface area contributed by atoms with Crippen molar-refractivity contribution in [3.8, 4) is 0 Å². The van der Waals surface area contributed by atoms with Gasteiger partial charge in [-0.15, -0.1) is 11.4 Å². The summed E-state index contributed by atoms with van der Waals surface area (Å²) in [5.41, 5.74) is 5.59. The van der Waals surface area contributed by atoms with Crippen molar-refractivity contribution in [3.05, 3.63) is 77.4 Å². The van der Waals surface area contributed by atoms with Crippen LogP contribution >= 0.6 is 0 Å². The molecule has 2 spiro atoms. The first kappa shape index (κ1) is 36.1. The second-order valence-electron chi connectivity index (χ2n) is 14.3. The van der Waals surface area contributed by atoms with E-state index < -0.39 is 0 Å². The van der Waals surface area contributed by atoms with Crippen LogP contribution in [0.4, 0.5) is 0 Å². The Kier molecular flexibility index (Phi) is 10.2. The van der Waals surface area contributed by atoms with Crippen LogP contribution in [0.25, 0.3) is 0 Å². The van der Waals surface area contributed by atoms with E-state index in [1.165, 1.54) is 24.3 Å². The molecule has 2 aromatic heterocycles. The molecular weight excluding hydrogens is 571 g/mol. The van der Waals surface area contributed by atoms with Gasteiger partial charge in [0.05, 0.1) is 11.1 Å². The van der Waals surface area contributed by atoms with Crippen LogP contribution in [-0.2, 0) is 21.0 Å². The molecule has 248 valence electrons. The number of hydrogen-bond acceptors (Lipinski definition) is 4. The molecule has 0 aromatic carbocycles. The van der Waals surface area contributed by atoms with Crippen molar-refractivity contribution in [1.82, 2.24) is 9.97 Å². The van der Waals surface area contributed by atoms with E-state index in [-0.39, 0.29) is 51.6 Å². The molecule has 1 saturated carbocycles. The number of pyridine rings is 1. The summed E-state index contributed by atoms with van der Waals surface area (Å²) in [6.07, 6.45) is 20.0. The van der Waals surface area contributed by atoms with Crippen LogP contribution in [0.3, 0.4) is 0 Å². The number of aromatic nitrogens is 2. The van der Waals surface area contributed by atoms with Gasteiger partial charge < -0.3 is 9.72 Å². The first-order valence-electron chi connectivity index (χ1n) is 18.6. The van der Waals surface area contributed by atoms with Crippen LogP contribution in [0.1, 0.15) is 142 Å². The normalized spacial score (nSPS) is 27.7. The Balaban J connectivity index is 0.000000662. The van der Waals surface area contributed by atoms with Crippen LogP contribution in [0.15, 0.2) is 64.6 Å². The number of hydrogen-bond donors (Lipinski definition) is 0. The molecule has 6 heterocycles. The molecular formula is C41H57LiN4O. The van der Waals surface area contributed by atoms with Crippen LogP contribution in [0, 0.1) is 5.41 Å². The van der Waals surface area contributed by atoms with Gasteiger partial charge in [-0.2, -0.15) is 0 Å². The topological polar surface area (TPSA) is 60.9 Å². The molecule has 7 rings (SSSR count). The Morgan fingerprint density at radius 1 is 0.596 bits per heavy atom. The summed E-state index contributed by atoms with van der Waals surface area (Å²) in [5.74, 6) is 0. The summed E-state index contributed by atoms with van der Waals surface area (Å²) >= 11 is 0. The van der Waals surface area contributed by atoms with E-state index in [0.717, 1.165) is 87.4 Å². The summed E-state index contributed by atoms with van der Waals surface area (Å²) in [7, 11) is 0. The van der Waals surface area contributed by atoms with Gasteiger partial charge >= 0.3 is 18.9 Å². The number of fused-ring (bicyclic) bond motifs is 4. The maximum absolute atomic E-state index is 5.80. The van der Waals surface area contributed by atoms with E-state index >= 15 is 0 Å². The molecule has 2 fully saturated rings. The van der Waals surface area contributed by atoms with Crippen LogP contribution < -0.4 is 23.8 Å². The van der Waals surface area contributed by atoms with Crippen molar-refractivity contribution in [2.75, 3.05) is 13.2 Å². The summed E-state index contributed by atoms with van der Waals surface area (Å²) < 4.78 is 4.94. The van der Waals surface area contributed by atoms with Crippen molar-refractivity contribution in [3.63, 3.8) is 0 Å². The Hall–Kier alpha value is -2.19. The average molecular weight is 629 g/mol. The van der Waals surface area contributed by atoms with Crippen LogP contribution in [-0.4, -0.2) is 40.7 Å². The minimum absolute atomic E-state index is 0. The Morgan fingerprint density at radius 2 is 1.04 bits per heavy atom. The van der Waals surface area contributed by atoms with Gasteiger partial charge in [-0.05, 0) is 88.5 Å². The molecule has 6 heteroatoms. The summed E-state index contributed by atoms with van der Waals surface area (Å²) in [6.45, 7) is 20.5. The van der Waals surface area contributed by atoms with E-state index in [1.807, 2.05) is 0 Å². The fourth-order valence-electron chi connectivity index (χ4n) is 10.1. The fourth-order valence-corrected chi connectivity index (χ4v) is 10.1. The molecule has 1 saturated heterocycles. The third kappa shape index (κ3) is 4.62. The van der Waals surface area contributed by atoms with Gasteiger partial charge in [0.25, 0.3) is 0 Å². The molecule has 1 aliphatic carbocycles. The zero-order valence-electron chi connectivity index (χ0n) is 30.9. The van der Waals surface area contributed by atoms with Gasteiger partial charge in [0.15, 0.2) is 0 Å². The van der Waals surface area contributed by atoms with Crippen LogP contribution in [0.2, 0.25) is 0 Å². The average Bonchev–Trinajstić information content (AvgIpc) is 3.87. The summed E-state index contributed by atoms with van der Waals surface area (Å²) in [5, 5.41) is 0. The van der Waals surface area contributed by atoms with Gasteiger partial charge in [-0.25, -0.2) is 0 Å². The van der Waals surface area contributed by atoms with Crippen molar-refractivity contribution >= 4 is 11.4 Å². The first-order valence-corrected chi connectivity index (χ1v) is 18.6. The van der Waals surface area contributed by atoms with E-state index in [2.05, 4.69) is 110 Å². The largest absolute Gasteiger partial charge is 1.00 e. The molecule has 5 aliphatic rings. The van der Waals surface area contributed by atoms with Gasteiger partial charge in [-0.3, -0.25) is 15.0 Å². The minimum atomic E-state index is -0.334. The van der Waals surface area contributed by atoms with Gasteiger partial charge in [0.1, 0.15) is 11.1 Å². The van der Waals surface area contributed by atoms with Crippen molar-refractivity contribution in [2.45, 2.75) is 147 Å². The van der Waals surface area contributed by atoms with Gasteiger partial charge in [-0.1, -0.05) is 85.7 Å². The maximum atomic E-state index is 5.80. The number of rotatable bonds is 8. The van der Waals surface area contributed by atoms with E-state index in [9.17, 15) is 0 Å². The SMILES string of the molecule is C1CCOC1.CCC1(CC)C2=N[C@@]3(C=C2)C(CC)(CC)[C@]32C=CC(=N2)C(CC)(CC)c2ccc([n-]2)C(CC)(CC)c2cccc1n2.[Li+]. The van der Waals surface area contributed by atoms with E-state index in [1.54, 1.807) is 0 Å². The Morgan fingerprint density at radius 3 is 1.47 bits per heavy atom. The zero-order chi connectivity index (χ0) is 32.8. The molecule has 2 atom stereocenters. The predicted molar refractivity (Wildman–Crippen MR) is 192 cm³/mol. The Bertz CT molecular complexity index is 1540. The number of nitrogens with zero attached hydrogens (tertiary/aromatic N) is 4. The van der Waals surface area contributed by atoms with Crippen molar-refractivity contribution in [2.24, 2.45) is 15.4 Å². The molecule has 0 unspecified atom stereocenters. The summed E-state index contributed by atoms with van der Waals surface area (Å²) in [4.78, 5) is 22.7. The van der Waals surface area contributed by atoms with E-state index in [0.29, 0.717) is 0 Å². The second-order valence-corrected chi connectivity index (χ2v) is 14.3. The molecule has 0 radical (unpaired) electrons. The third-order valence-electron chi connectivity index (χ3n) is 13.5. The Labute approximate surface area is 296 Å². The molecule has 0 amide bonds. The van der Waals surface area contributed by atoms with Crippen molar-refractivity contribution < 1.29 is 23.6 Å². The minimum Gasteiger partial charge on any atom is -0.663 e. The summed E-state index contributed by atoms with van der Waals surface area (Å²) in [6, 6.07) is 11.3. The van der Waals surface area contributed by atoms with Gasteiger partial charge in [0, 0.05) is 46.6 Å². The third-order valence-corrected chi connectivity index (χ3v) is 13.5. The smallest absolute Gasteiger partial charge is 0.663 e. The molecule has 0 N–H and O–H groups in total. The predicted octanol–water partition coefficient (Wildman–Crippen LogP) is 6.39. The number of ether oxygens (including phenoxy) is 1. The monoisotopic (exact) mass is 628 g/mol. The number of aliphatic imine (C=N–C) groups is 2. The molecule has 8 bridgehead atoms. The van der Waals surface area contributed by atoms with Crippen molar-refractivity contribution in [1.29, 1.82) is 0 Å². The molecule has 4 aliphatic heterocycles. The molecule has 47 heavy (non-hydrogen) atoms. The van der Waals surface area contributed by atoms with Crippen LogP contribution in [0.5, 0.6) is 0 Å². The fraction of sp³-hybridized carbons (Fsp3) is 0.634. The maximum Gasteiger partial charge on any atom is 1.00 e. The number of allylic oxidation sites excluding steroid dienone is 2. The quantitative estimate of drug-likeness (QED) is 0.318. The van der Waals surface area contributed by atoms with E-state index in [4.69, 9.17) is 24.7 Å². The standard InChI is InChI=1S/C37H49N4.C4H8O.Li/c1-9-32(10-2)26-18-17-19-27(38-26)33(11-3,12-4)30-22-24-36(40-30)35(15-7,16-8)37(36)25-23-31(41-37)34(13-5,14-6)29-21-20-28(32)39-29;1-2-4-5-3-1;/h17-25H,9-16H2,1-8H3;1-4H2;/q-1;;+1/t36-,37+;;/m0../s1. The molecule has 2 aromatic rings. The second kappa shape index (κ2) is 13.3. The first-order chi connectivity index (χ1) is 22.3.